The smallest absolute Gasteiger partial charge is 0.251 e. The van der Waals surface area contributed by atoms with Gasteiger partial charge in [0.05, 0.1) is 26.3 Å². The molecule has 7 heteroatoms. The Morgan fingerprint density at radius 3 is 2.19 bits per heavy atom. The maximum Gasteiger partial charge on any atom is 0.251 e. The van der Waals surface area contributed by atoms with Crippen LogP contribution in [0.5, 0.6) is 17.2 Å². The molecular formula is C24H32N2O5. The second-order valence-electron chi connectivity index (χ2n) is 7.20. The number of hydrogen-bond donors (Lipinski definition) is 1. The zero-order chi connectivity index (χ0) is 22.8. The average Bonchev–Trinajstić information content (AvgIpc) is 2.72. The third-order valence-electron chi connectivity index (χ3n) is 4.52. The van der Waals surface area contributed by atoms with Crippen LogP contribution in [0.25, 0.3) is 0 Å². The fourth-order valence-electron chi connectivity index (χ4n) is 3.03. The molecule has 0 aliphatic rings. The molecule has 1 N–H and O–H groups in total. The van der Waals surface area contributed by atoms with Gasteiger partial charge in [-0.2, -0.15) is 0 Å². The van der Waals surface area contributed by atoms with Gasteiger partial charge in [-0.1, -0.05) is 6.07 Å². The highest BCUT2D eigenvalue weighted by Gasteiger charge is 2.14. The molecule has 0 saturated heterocycles. The largest absolute Gasteiger partial charge is 0.492 e. The standard InChI is InChI=1S/C24H32N2O5/c1-6-29-21-9-8-19(15-22(21)30-7-2)24(28)25-16-23(27)26(5)10-11-31-20-13-17(3)12-18(4)14-20/h8-9,12-15H,6-7,10-11,16H2,1-5H3,(H,25,28). The number of ether oxygens (including phenoxy) is 3. The molecule has 31 heavy (non-hydrogen) atoms. The average molecular weight is 429 g/mol. The van der Waals surface area contributed by atoms with Crippen molar-refractivity contribution < 1.29 is 23.8 Å². The number of carbonyl (C=O) groups is 2. The van der Waals surface area contributed by atoms with Gasteiger partial charge in [-0.25, -0.2) is 0 Å². The Kier molecular flexibility index (Phi) is 9.18. The van der Waals surface area contributed by atoms with Crippen LogP contribution in [0.15, 0.2) is 36.4 Å². The van der Waals surface area contributed by atoms with Gasteiger partial charge in [0.25, 0.3) is 5.91 Å². The Morgan fingerprint density at radius 2 is 1.55 bits per heavy atom. The summed E-state index contributed by atoms with van der Waals surface area (Å²) in [7, 11) is 1.68. The number of nitrogens with zero attached hydrogens (tertiary/aromatic N) is 1. The number of carbonyl (C=O) groups excluding carboxylic acids is 2. The van der Waals surface area contributed by atoms with E-state index in [0.717, 1.165) is 16.9 Å². The van der Waals surface area contributed by atoms with Crippen molar-refractivity contribution in [3.05, 3.63) is 53.1 Å². The minimum absolute atomic E-state index is 0.101. The molecule has 0 heterocycles. The van der Waals surface area contributed by atoms with Gasteiger partial charge in [0.15, 0.2) is 11.5 Å². The highest BCUT2D eigenvalue weighted by molar-refractivity contribution is 5.97. The molecule has 0 atom stereocenters. The molecule has 0 unspecified atom stereocenters. The van der Waals surface area contributed by atoms with Crippen molar-refractivity contribution in [1.29, 1.82) is 0 Å². The van der Waals surface area contributed by atoms with E-state index in [1.54, 1.807) is 25.2 Å². The van der Waals surface area contributed by atoms with Crippen LogP contribution in [-0.2, 0) is 4.79 Å². The number of likely N-dealkylation sites (N-methyl/N-ethyl adjacent to an activating group) is 1. The van der Waals surface area contributed by atoms with Crippen LogP contribution in [0.3, 0.4) is 0 Å². The van der Waals surface area contributed by atoms with E-state index < -0.39 is 0 Å². The summed E-state index contributed by atoms with van der Waals surface area (Å²) >= 11 is 0. The highest BCUT2D eigenvalue weighted by atomic mass is 16.5. The quantitative estimate of drug-likeness (QED) is 0.594. The first-order valence-electron chi connectivity index (χ1n) is 10.5. The van der Waals surface area contributed by atoms with Crippen molar-refractivity contribution >= 4 is 11.8 Å². The van der Waals surface area contributed by atoms with E-state index in [0.29, 0.717) is 43.4 Å². The van der Waals surface area contributed by atoms with Gasteiger partial charge in [0, 0.05) is 12.6 Å². The molecule has 0 radical (unpaired) electrons. The molecule has 0 aliphatic heterocycles. The molecule has 2 aromatic rings. The van der Waals surface area contributed by atoms with E-state index in [-0.39, 0.29) is 18.4 Å². The van der Waals surface area contributed by atoms with Crippen LogP contribution in [0, 0.1) is 13.8 Å². The Balaban J connectivity index is 1.83. The maximum absolute atomic E-state index is 12.5. The topological polar surface area (TPSA) is 77.1 Å². The summed E-state index contributed by atoms with van der Waals surface area (Å²) < 4.78 is 16.8. The second kappa shape index (κ2) is 11.8. The molecule has 0 saturated carbocycles. The summed E-state index contributed by atoms with van der Waals surface area (Å²) in [5.74, 6) is 1.32. The number of hydrogen-bond acceptors (Lipinski definition) is 5. The first kappa shape index (κ1) is 24.1. The summed E-state index contributed by atoms with van der Waals surface area (Å²) in [5, 5.41) is 2.66. The van der Waals surface area contributed by atoms with Gasteiger partial charge < -0.3 is 24.4 Å². The van der Waals surface area contributed by atoms with E-state index in [4.69, 9.17) is 14.2 Å². The van der Waals surface area contributed by atoms with E-state index in [1.807, 2.05) is 39.8 Å². The summed E-state index contributed by atoms with van der Waals surface area (Å²) in [6.07, 6.45) is 0. The minimum atomic E-state index is -0.350. The lowest BCUT2D eigenvalue weighted by atomic mass is 10.1. The van der Waals surface area contributed by atoms with Crippen LogP contribution in [0.2, 0.25) is 0 Å². The fourth-order valence-corrected chi connectivity index (χ4v) is 3.03. The summed E-state index contributed by atoms with van der Waals surface area (Å²) in [6.45, 7) is 9.41. The molecule has 0 spiro atoms. The molecule has 168 valence electrons. The van der Waals surface area contributed by atoms with Gasteiger partial charge in [0.1, 0.15) is 12.4 Å². The highest BCUT2D eigenvalue weighted by Crippen LogP contribution is 2.28. The normalized spacial score (nSPS) is 10.4. The molecule has 0 aliphatic carbocycles. The number of benzene rings is 2. The third-order valence-corrected chi connectivity index (χ3v) is 4.52. The van der Waals surface area contributed by atoms with Gasteiger partial charge in [-0.15, -0.1) is 0 Å². The number of rotatable bonds is 11. The lowest BCUT2D eigenvalue weighted by Crippen LogP contribution is -2.39. The van der Waals surface area contributed by atoms with E-state index in [1.165, 1.54) is 4.90 Å². The minimum Gasteiger partial charge on any atom is -0.492 e. The third kappa shape index (κ3) is 7.51. The van der Waals surface area contributed by atoms with Crippen molar-refractivity contribution in [2.45, 2.75) is 27.7 Å². The SMILES string of the molecule is CCOc1ccc(C(=O)NCC(=O)N(C)CCOc2cc(C)cc(C)c2)cc1OCC. The maximum atomic E-state index is 12.5. The lowest BCUT2D eigenvalue weighted by molar-refractivity contribution is -0.129. The van der Waals surface area contributed by atoms with Gasteiger partial charge in [0.2, 0.25) is 5.91 Å². The summed E-state index contributed by atoms with van der Waals surface area (Å²) in [5.41, 5.74) is 2.66. The van der Waals surface area contributed by atoms with Crippen molar-refractivity contribution in [2.75, 3.05) is 40.0 Å². The molecule has 0 fully saturated rings. The van der Waals surface area contributed by atoms with E-state index >= 15 is 0 Å². The number of aryl methyl sites for hydroxylation is 2. The monoisotopic (exact) mass is 428 g/mol. The molecule has 0 aromatic heterocycles. The zero-order valence-corrected chi connectivity index (χ0v) is 19.0. The molecule has 2 aromatic carbocycles. The molecule has 7 nitrogen and oxygen atoms in total. The van der Waals surface area contributed by atoms with Crippen molar-refractivity contribution in [2.24, 2.45) is 0 Å². The molecule has 0 bridgehead atoms. The van der Waals surface area contributed by atoms with E-state index in [9.17, 15) is 9.59 Å². The van der Waals surface area contributed by atoms with E-state index in [2.05, 4.69) is 11.4 Å². The van der Waals surface area contributed by atoms with Gasteiger partial charge >= 0.3 is 0 Å². The first-order chi connectivity index (χ1) is 14.8. The van der Waals surface area contributed by atoms with Crippen LogP contribution in [0.1, 0.15) is 35.3 Å². The molecule has 2 rings (SSSR count). The Morgan fingerprint density at radius 1 is 0.903 bits per heavy atom. The summed E-state index contributed by atoms with van der Waals surface area (Å²) in [4.78, 5) is 26.3. The lowest BCUT2D eigenvalue weighted by Gasteiger charge is -2.18. The number of amides is 2. The van der Waals surface area contributed by atoms with Crippen LogP contribution >= 0.6 is 0 Å². The van der Waals surface area contributed by atoms with Gasteiger partial charge in [-0.05, 0) is 69.2 Å². The number of nitrogens with one attached hydrogen (secondary N) is 1. The summed E-state index contributed by atoms with van der Waals surface area (Å²) in [6, 6.07) is 11.0. The Hall–Kier alpha value is -3.22. The van der Waals surface area contributed by atoms with Gasteiger partial charge in [-0.3, -0.25) is 9.59 Å². The first-order valence-corrected chi connectivity index (χ1v) is 10.5. The van der Waals surface area contributed by atoms with Crippen LogP contribution < -0.4 is 19.5 Å². The zero-order valence-electron chi connectivity index (χ0n) is 19.0. The predicted octanol–water partition coefficient (Wildman–Crippen LogP) is 3.37. The van der Waals surface area contributed by atoms with Crippen LogP contribution in [-0.4, -0.2) is 56.7 Å². The molecule has 2 amide bonds. The second-order valence-corrected chi connectivity index (χ2v) is 7.20. The Bertz CT molecular complexity index is 877. The molecular weight excluding hydrogens is 396 g/mol. The van der Waals surface area contributed by atoms with Crippen molar-refractivity contribution in [3.8, 4) is 17.2 Å². The van der Waals surface area contributed by atoms with Crippen molar-refractivity contribution in [3.63, 3.8) is 0 Å². The van der Waals surface area contributed by atoms with Crippen molar-refractivity contribution in [1.82, 2.24) is 10.2 Å². The fraction of sp³-hybridized carbons (Fsp3) is 0.417. The Labute approximate surface area is 184 Å². The van der Waals surface area contributed by atoms with Crippen LogP contribution in [0.4, 0.5) is 0 Å². The predicted molar refractivity (Wildman–Crippen MR) is 120 cm³/mol.